The Morgan fingerprint density at radius 3 is 2.62 bits per heavy atom. The average Bonchev–Trinajstić information content (AvgIpc) is 2.43. The lowest BCUT2D eigenvalue weighted by molar-refractivity contribution is -0.159. The lowest BCUT2D eigenvalue weighted by atomic mass is 10.1. The van der Waals surface area contributed by atoms with Gasteiger partial charge in [-0.15, -0.1) is 0 Å². The number of carboxylic acids is 1. The minimum absolute atomic E-state index is 0.131. The molecule has 0 bridgehead atoms. The number of rotatable bonds is 4. The second-order valence-corrected chi connectivity index (χ2v) is 4.39. The van der Waals surface area contributed by atoms with E-state index in [2.05, 4.69) is 0 Å². The molecule has 0 aliphatic carbocycles. The van der Waals surface area contributed by atoms with Crippen molar-refractivity contribution >= 4 is 23.9 Å². The highest BCUT2D eigenvalue weighted by atomic mass is 19.1. The molecule has 2 rings (SSSR count). The summed E-state index contributed by atoms with van der Waals surface area (Å²) >= 11 is 0. The monoisotopic (exact) mass is 293 g/mol. The zero-order chi connectivity index (χ0) is 15.4. The fourth-order valence-corrected chi connectivity index (χ4v) is 1.85. The summed E-state index contributed by atoms with van der Waals surface area (Å²) in [5.41, 5.74) is 0.591. The Kier molecular flexibility index (Phi) is 4.44. The number of imide groups is 1. The number of hydrogen-bond donors (Lipinski definition) is 1. The van der Waals surface area contributed by atoms with Gasteiger partial charge in [-0.25, -0.2) is 9.18 Å². The van der Waals surface area contributed by atoms with Crippen LogP contribution in [0.15, 0.2) is 24.3 Å². The van der Waals surface area contributed by atoms with Crippen LogP contribution in [0.5, 0.6) is 0 Å². The molecule has 1 aliphatic heterocycles. The Bertz CT molecular complexity index is 610. The van der Waals surface area contributed by atoms with Crippen molar-refractivity contribution in [3.05, 3.63) is 41.2 Å². The number of carboxylic acid groups (broad SMARTS) is 1. The molecule has 1 fully saturated rings. The van der Waals surface area contributed by atoms with Crippen molar-refractivity contribution in [1.82, 2.24) is 4.90 Å². The number of carbonyl (C=O) groups excluding carboxylic acids is 2. The number of carbonyl (C=O) groups is 3. The van der Waals surface area contributed by atoms with Crippen molar-refractivity contribution in [1.29, 1.82) is 0 Å². The van der Waals surface area contributed by atoms with Crippen molar-refractivity contribution in [3.8, 4) is 0 Å². The first kappa shape index (κ1) is 14.9. The van der Waals surface area contributed by atoms with E-state index in [-0.39, 0.29) is 25.3 Å². The summed E-state index contributed by atoms with van der Waals surface area (Å²) in [6.45, 7) is -0.639. The maximum atomic E-state index is 13.8. The second kappa shape index (κ2) is 6.27. The highest BCUT2D eigenvalue weighted by molar-refractivity contribution is 5.98. The minimum atomic E-state index is -1.13. The quantitative estimate of drug-likeness (QED) is 0.656. The normalized spacial score (nSPS) is 15.8. The SMILES string of the molecule is O=C(O)C=Cc1ccc(F)c(CN2C(=O)COCC2=O)c1. The minimum Gasteiger partial charge on any atom is -0.478 e. The number of nitrogens with zero attached hydrogens (tertiary/aromatic N) is 1. The fourth-order valence-electron chi connectivity index (χ4n) is 1.85. The van der Waals surface area contributed by atoms with E-state index in [4.69, 9.17) is 9.84 Å². The molecular formula is C14H12FNO5. The largest absolute Gasteiger partial charge is 0.478 e. The molecule has 1 aliphatic rings. The Labute approximate surface area is 119 Å². The van der Waals surface area contributed by atoms with E-state index in [0.717, 1.165) is 17.0 Å². The first-order valence-electron chi connectivity index (χ1n) is 6.08. The molecule has 1 saturated heterocycles. The molecule has 110 valence electrons. The van der Waals surface area contributed by atoms with Gasteiger partial charge in [0, 0.05) is 11.6 Å². The number of halogens is 1. The van der Waals surface area contributed by atoms with Gasteiger partial charge in [-0.3, -0.25) is 14.5 Å². The maximum absolute atomic E-state index is 13.8. The summed E-state index contributed by atoms with van der Waals surface area (Å²) in [7, 11) is 0. The molecule has 0 radical (unpaired) electrons. The third-order valence-corrected chi connectivity index (χ3v) is 2.87. The van der Waals surface area contributed by atoms with E-state index in [1.54, 1.807) is 0 Å². The topological polar surface area (TPSA) is 83.9 Å². The van der Waals surface area contributed by atoms with Crippen LogP contribution in [0.1, 0.15) is 11.1 Å². The standard InChI is InChI=1S/C14H12FNO5/c15-11-3-1-9(2-4-14(19)20)5-10(11)6-16-12(17)7-21-8-13(16)18/h1-5H,6-8H2,(H,19,20). The van der Waals surface area contributed by atoms with Crippen molar-refractivity contribution < 1.29 is 28.6 Å². The van der Waals surface area contributed by atoms with Gasteiger partial charge < -0.3 is 9.84 Å². The van der Waals surface area contributed by atoms with Crippen LogP contribution in [-0.2, 0) is 25.7 Å². The molecule has 6 nitrogen and oxygen atoms in total. The van der Waals surface area contributed by atoms with Crippen LogP contribution in [0.2, 0.25) is 0 Å². The lowest BCUT2D eigenvalue weighted by Gasteiger charge is -2.25. The highest BCUT2D eigenvalue weighted by Crippen LogP contribution is 2.16. The van der Waals surface area contributed by atoms with Crippen molar-refractivity contribution in [3.63, 3.8) is 0 Å². The van der Waals surface area contributed by atoms with E-state index in [1.807, 2.05) is 0 Å². The van der Waals surface area contributed by atoms with Gasteiger partial charge in [0.15, 0.2) is 0 Å². The summed E-state index contributed by atoms with van der Waals surface area (Å²) in [6.07, 6.45) is 2.22. The molecule has 1 heterocycles. The molecule has 21 heavy (non-hydrogen) atoms. The molecule has 2 amide bonds. The van der Waals surface area contributed by atoms with Gasteiger partial charge in [-0.1, -0.05) is 6.07 Å². The summed E-state index contributed by atoms with van der Waals surface area (Å²) in [5.74, 6) is -2.76. The third-order valence-electron chi connectivity index (χ3n) is 2.87. The van der Waals surface area contributed by atoms with Gasteiger partial charge in [0.05, 0.1) is 6.54 Å². The van der Waals surface area contributed by atoms with Gasteiger partial charge in [-0.05, 0) is 23.8 Å². The van der Waals surface area contributed by atoms with E-state index in [9.17, 15) is 18.8 Å². The predicted octanol–water partition coefficient (Wildman–Crippen LogP) is 0.809. The van der Waals surface area contributed by atoms with Crippen LogP contribution >= 0.6 is 0 Å². The van der Waals surface area contributed by atoms with Crippen molar-refractivity contribution in [2.24, 2.45) is 0 Å². The van der Waals surface area contributed by atoms with E-state index in [1.165, 1.54) is 18.2 Å². The summed E-state index contributed by atoms with van der Waals surface area (Å²) in [5, 5.41) is 8.56. The Morgan fingerprint density at radius 1 is 1.33 bits per heavy atom. The van der Waals surface area contributed by atoms with Crippen LogP contribution in [0.4, 0.5) is 4.39 Å². The van der Waals surface area contributed by atoms with E-state index >= 15 is 0 Å². The smallest absolute Gasteiger partial charge is 0.328 e. The molecule has 0 unspecified atom stereocenters. The molecule has 0 spiro atoms. The van der Waals surface area contributed by atoms with Crippen LogP contribution in [0, 0.1) is 5.82 Å². The highest BCUT2D eigenvalue weighted by Gasteiger charge is 2.27. The van der Waals surface area contributed by atoms with Crippen LogP contribution < -0.4 is 0 Å². The second-order valence-electron chi connectivity index (χ2n) is 4.39. The summed E-state index contributed by atoms with van der Waals surface area (Å²) in [6, 6.07) is 3.96. The van der Waals surface area contributed by atoms with Gasteiger partial charge in [-0.2, -0.15) is 0 Å². The van der Waals surface area contributed by atoms with Gasteiger partial charge in [0.25, 0.3) is 11.8 Å². The lowest BCUT2D eigenvalue weighted by Crippen LogP contribution is -2.45. The zero-order valence-corrected chi connectivity index (χ0v) is 10.9. The summed E-state index contributed by atoms with van der Waals surface area (Å²) in [4.78, 5) is 34.6. The Hall–Kier alpha value is -2.54. The van der Waals surface area contributed by atoms with Gasteiger partial charge in [0.1, 0.15) is 19.0 Å². The van der Waals surface area contributed by atoms with Gasteiger partial charge in [0.2, 0.25) is 0 Å². The van der Waals surface area contributed by atoms with Crippen LogP contribution in [-0.4, -0.2) is 41.0 Å². The van der Waals surface area contributed by atoms with E-state index in [0.29, 0.717) is 5.56 Å². The molecule has 0 atom stereocenters. The number of hydrogen-bond acceptors (Lipinski definition) is 4. The third kappa shape index (κ3) is 3.73. The molecule has 1 aromatic rings. The zero-order valence-electron chi connectivity index (χ0n) is 10.9. The number of ether oxygens (including phenoxy) is 1. The Morgan fingerprint density at radius 2 is 2.00 bits per heavy atom. The number of morpholine rings is 1. The molecule has 0 saturated carbocycles. The molecular weight excluding hydrogens is 281 g/mol. The molecule has 1 N–H and O–H groups in total. The Balaban J connectivity index is 2.22. The molecule has 0 aromatic heterocycles. The van der Waals surface area contributed by atoms with Crippen molar-refractivity contribution in [2.75, 3.05) is 13.2 Å². The number of amides is 2. The summed E-state index contributed by atoms with van der Waals surface area (Å²) < 4.78 is 18.5. The average molecular weight is 293 g/mol. The predicted molar refractivity (Wildman–Crippen MR) is 69.4 cm³/mol. The van der Waals surface area contributed by atoms with Crippen LogP contribution in [0.3, 0.4) is 0 Å². The van der Waals surface area contributed by atoms with Crippen molar-refractivity contribution in [2.45, 2.75) is 6.54 Å². The fraction of sp³-hybridized carbons (Fsp3) is 0.214. The van der Waals surface area contributed by atoms with Crippen LogP contribution in [0.25, 0.3) is 6.08 Å². The van der Waals surface area contributed by atoms with E-state index < -0.39 is 23.6 Å². The number of benzene rings is 1. The maximum Gasteiger partial charge on any atom is 0.328 e. The molecule has 7 heteroatoms. The first-order chi connectivity index (χ1) is 9.97. The first-order valence-corrected chi connectivity index (χ1v) is 6.08. The van der Waals surface area contributed by atoms with Gasteiger partial charge >= 0.3 is 5.97 Å². The number of aliphatic carboxylic acids is 1. The molecule has 1 aromatic carbocycles.